The maximum absolute atomic E-state index is 14.4. The molecule has 0 saturated heterocycles. The van der Waals surface area contributed by atoms with E-state index in [2.05, 4.69) is 14.7 Å². The van der Waals surface area contributed by atoms with Crippen LogP contribution < -0.4 is 4.72 Å². The van der Waals surface area contributed by atoms with E-state index in [-0.39, 0.29) is 22.5 Å². The van der Waals surface area contributed by atoms with Gasteiger partial charge >= 0.3 is 6.18 Å². The van der Waals surface area contributed by atoms with E-state index in [1.807, 2.05) is 0 Å². The van der Waals surface area contributed by atoms with Crippen LogP contribution in [0.15, 0.2) is 77.2 Å². The summed E-state index contributed by atoms with van der Waals surface area (Å²) in [6.07, 6.45) is 0.494. The number of ketones is 1. The fourth-order valence-electron chi connectivity index (χ4n) is 3.33. The number of allylic oxidation sites excluding steroid dienone is 2. The lowest BCUT2D eigenvalue weighted by Gasteiger charge is -2.19. The average Bonchev–Trinajstić information content (AvgIpc) is 3.18. The molecule has 1 atom stereocenters. The van der Waals surface area contributed by atoms with Crippen molar-refractivity contribution in [1.82, 2.24) is 14.7 Å². The molecule has 2 heterocycles. The molecule has 0 spiro atoms. The summed E-state index contributed by atoms with van der Waals surface area (Å²) in [7, 11) is -4.22. The number of H-pyrrole nitrogens is 1. The van der Waals surface area contributed by atoms with Gasteiger partial charge in [0.1, 0.15) is 11.5 Å². The molecule has 166 valence electrons. The summed E-state index contributed by atoms with van der Waals surface area (Å²) in [4.78, 5) is 19.4. The summed E-state index contributed by atoms with van der Waals surface area (Å²) in [5.74, 6) is -1.45. The zero-order valence-electron chi connectivity index (χ0n) is 16.2. The second-order valence-electron chi connectivity index (χ2n) is 7.05. The number of halogens is 4. The van der Waals surface area contributed by atoms with Crippen molar-refractivity contribution in [1.29, 1.82) is 0 Å². The lowest BCUT2D eigenvalue weighted by atomic mass is 9.95. The maximum atomic E-state index is 14.4. The molecule has 0 amide bonds. The van der Waals surface area contributed by atoms with Gasteiger partial charge in [0.25, 0.3) is 0 Å². The Morgan fingerprint density at radius 2 is 1.88 bits per heavy atom. The first-order valence-electron chi connectivity index (χ1n) is 9.30. The van der Waals surface area contributed by atoms with Crippen molar-refractivity contribution in [2.45, 2.75) is 23.5 Å². The third-order valence-corrected chi connectivity index (χ3v) is 6.42. The molecule has 0 aliphatic heterocycles. The fourth-order valence-corrected chi connectivity index (χ4v) is 4.53. The van der Waals surface area contributed by atoms with Gasteiger partial charge in [-0.3, -0.25) is 4.79 Å². The smallest absolute Gasteiger partial charge is 0.345 e. The Morgan fingerprint density at radius 1 is 1.16 bits per heavy atom. The third kappa shape index (κ3) is 4.21. The van der Waals surface area contributed by atoms with Gasteiger partial charge in [-0.15, -0.1) is 0 Å². The molecule has 11 heteroatoms. The Balaban J connectivity index is 1.59. The van der Waals surface area contributed by atoms with Gasteiger partial charge in [-0.05, 0) is 48.9 Å². The minimum atomic E-state index is -4.60. The lowest BCUT2D eigenvalue weighted by Crippen LogP contribution is -2.35. The molecule has 3 aromatic rings. The molecule has 0 fully saturated rings. The Hall–Kier alpha value is -3.31. The van der Waals surface area contributed by atoms with Crippen LogP contribution in [0, 0.1) is 0 Å². The highest BCUT2D eigenvalue weighted by Crippen LogP contribution is 2.30. The minimum absolute atomic E-state index is 0.0715. The van der Waals surface area contributed by atoms with E-state index in [0.717, 1.165) is 24.3 Å². The topological polar surface area (TPSA) is 91.9 Å². The number of alkyl halides is 3. The van der Waals surface area contributed by atoms with Crippen LogP contribution in [-0.4, -0.2) is 30.2 Å². The molecule has 4 rings (SSSR count). The van der Waals surface area contributed by atoms with Crippen LogP contribution in [0.3, 0.4) is 0 Å². The van der Waals surface area contributed by atoms with E-state index in [1.54, 1.807) is 12.1 Å². The number of aromatic amines is 1. The van der Waals surface area contributed by atoms with Crippen LogP contribution in [0.4, 0.5) is 17.6 Å². The number of hydrogen-bond donors (Lipinski definition) is 2. The Morgan fingerprint density at radius 3 is 2.56 bits per heavy atom. The Bertz CT molecular complexity index is 1360. The van der Waals surface area contributed by atoms with Gasteiger partial charge in [-0.2, -0.15) is 13.2 Å². The highest BCUT2D eigenvalue weighted by molar-refractivity contribution is 7.89. The number of hydrogen-bond acceptors (Lipinski definition) is 4. The zero-order chi connectivity index (χ0) is 23.1. The van der Waals surface area contributed by atoms with Gasteiger partial charge in [-0.1, -0.05) is 6.08 Å². The molecule has 1 aromatic carbocycles. The first kappa shape index (κ1) is 21.9. The van der Waals surface area contributed by atoms with Gasteiger partial charge in [-0.25, -0.2) is 22.5 Å². The number of aromatic nitrogens is 2. The molecular formula is C21H15F4N3O3S. The second kappa shape index (κ2) is 7.99. The minimum Gasteiger partial charge on any atom is -0.345 e. The zero-order valence-corrected chi connectivity index (χ0v) is 17.0. The predicted molar refractivity (Wildman–Crippen MR) is 108 cm³/mol. The molecule has 2 aromatic heterocycles. The fraction of sp³-hybridized carbons (Fsp3) is 0.143. The van der Waals surface area contributed by atoms with Crippen LogP contribution in [0.25, 0.3) is 11.0 Å². The number of rotatable bonds is 5. The molecule has 1 unspecified atom stereocenters. The lowest BCUT2D eigenvalue weighted by molar-refractivity contribution is -0.137. The van der Waals surface area contributed by atoms with Crippen LogP contribution in [0.2, 0.25) is 0 Å². The number of Topliss-reactive ketones (excluding diaryl/α,β-unsaturated/α-hetero) is 1. The van der Waals surface area contributed by atoms with E-state index in [9.17, 15) is 30.8 Å². The molecule has 0 bridgehead atoms. The van der Waals surface area contributed by atoms with E-state index in [4.69, 9.17) is 0 Å². The number of nitrogens with one attached hydrogen (secondary N) is 2. The van der Waals surface area contributed by atoms with E-state index >= 15 is 0 Å². The van der Waals surface area contributed by atoms with Crippen molar-refractivity contribution in [2.75, 3.05) is 0 Å². The van der Waals surface area contributed by atoms with Gasteiger partial charge < -0.3 is 4.98 Å². The second-order valence-corrected chi connectivity index (χ2v) is 8.76. The summed E-state index contributed by atoms with van der Waals surface area (Å²) in [5.41, 5.74) is -0.688. The van der Waals surface area contributed by atoms with Gasteiger partial charge in [0.2, 0.25) is 10.0 Å². The van der Waals surface area contributed by atoms with Gasteiger partial charge in [0, 0.05) is 29.4 Å². The van der Waals surface area contributed by atoms with Gasteiger partial charge in [0.15, 0.2) is 5.78 Å². The number of carbonyl (C=O) groups excluding carboxylic acids is 1. The van der Waals surface area contributed by atoms with E-state index in [1.165, 1.54) is 12.4 Å². The number of fused-ring (bicyclic) bond motifs is 1. The molecule has 1 aliphatic rings. The highest BCUT2D eigenvalue weighted by Gasteiger charge is 2.31. The SMILES string of the molecule is O=C(C1=CC(NS(=O)(=O)c2ccc(C(F)(F)F)cc2)CC=C1F)c1c[nH]c2ncccc12. The largest absolute Gasteiger partial charge is 0.416 e. The van der Waals surface area contributed by atoms with Crippen molar-refractivity contribution in [3.8, 4) is 0 Å². The third-order valence-electron chi connectivity index (χ3n) is 4.91. The summed E-state index contributed by atoms with van der Waals surface area (Å²) < 4.78 is 80.0. The Kier molecular flexibility index (Phi) is 5.47. The number of nitrogens with zero attached hydrogens (tertiary/aromatic N) is 1. The summed E-state index contributed by atoms with van der Waals surface area (Å²) in [6.45, 7) is 0. The van der Waals surface area contributed by atoms with Crippen LogP contribution in [0.5, 0.6) is 0 Å². The molecule has 2 N–H and O–H groups in total. The van der Waals surface area contributed by atoms with Crippen molar-refractivity contribution in [3.05, 3.63) is 83.5 Å². The average molecular weight is 465 g/mol. The summed E-state index contributed by atoms with van der Waals surface area (Å²) in [6, 6.07) is 5.27. The number of benzene rings is 1. The number of pyridine rings is 1. The quantitative estimate of drug-likeness (QED) is 0.434. The van der Waals surface area contributed by atoms with Crippen molar-refractivity contribution in [3.63, 3.8) is 0 Å². The van der Waals surface area contributed by atoms with Crippen LogP contribution >= 0.6 is 0 Å². The summed E-state index contributed by atoms with van der Waals surface area (Å²) in [5, 5.41) is 0.485. The number of carbonyl (C=O) groups is 1. The standard InChI is InChI=1S/C21H15F4N3O3S/c22-18-8-5-13(28-32(30,31)14-6-3-12(4-7-14)21(23,24)25)10-16(18)19(29)17-11-27-20-15(17)2-1-9-26-20/h1-4,6-11,13,28H,5H2,(H,26,27). The van der Waals surface area contributed by atoms with Crippen molar-refractivity contribution >= 4 is 26.8 Å². The first-order valence-corrected chi connectivity index (χ1v) is 10.8. The molecule has 1 aliphatic carbocycles. The molecule has 6 nitrogen and oxygen atoms in total. The van der Waals surface area contributed by atoms with Crippen molar-refractivity contribution in [2.24, 2.45) is 0 Å². The molecule has 32 heavy (non-hydrogen) atoms. The Labute approximate surface area is 179 Å². The molecule has 0 radical (unpaired) electrons. The summed E-state index contributed by atoms with van der Waals surface area (Å²) >= 11 is 0. The molecular weight excluding hydrogens is 450 g/mol. The van der Waals surface area contributed by atoms with Crippen molar-refractivity contribution < 1.29 is 30.8 Å². The molecule has 0 saturated carbocycles. The monoisotopic (exact) mass is 465 g/mol. The predicted octanol–water partition coefficient (Wildman–Crippen LogP) is 4.30. The normalized spacial score (nSPS) is 17.2. The van der Waals surface area contributed by atoms with Crippen LogP contribution in [0.1, 0.15) is 22.3 Å². The van der Waals surface area contributed by atoms with E-state index < -0.39 is 39.4 Å². The van der Waals surface area contributed by atoms with Crippen LogP contribution in [-0.2, 0) is 16.2 Å². The highest BCUT2D eigenvalue weighted by atomic mass is 32.2. The van der Waals surface area contributed by atoms with E-state index in [0.29, 0.717) is 23.2 Å². The first-order chi connectivity index (χ1) is 15.1. The number of sulfonamides is 1. The maximum Gasteiger partial charge on any atom is 0.416 e. The van der Waals surface area contributed by atoms with Gasteiger partial charge in [0.05, 0.1) is 16.0 Å².